The molecule has 2 atom stereocenters. The molecule has 0 aliphatic heterocycles. The Morgan fingerprint density at radius 1 is 0.971 bits per heavy atom. The maximum Gasteiger partial charge on any atom is 0.243 e. The Bertz CT molecular complexity index is 1010. The van der Waals surface area contributed by atoms with E-state index in [0.29, 0.717) is 44.3 Å². The number of rotatable bonds is 15. The van der Waals surface area contributed by atoms with Crippen LogP contribution in [0, 0.1) is 0 Å². The molecule has 1 aromatic carbocycles. The van der Waals surface area contributed by atoms with E-state index < -0.39 is 23.9 Å². The number of carbonyl (C=O) groups is 4. The van der Waals surface area contributed by atoms with Gasteiger partial charge < -0.3 is 27.8 Å². The van der Waals surface area contributed by atoms with Crippen LogP contribution in [-0.4, -0.2) is 57.3 Å². The first kappa shape index (κ1) is 27.4. The van der Waals surface area contributed by atoms with Crippen molar-refractivity contribution in [3.63, 3.8) is 0 Å². The van der Waals surface area contributed by atoms with Gasteiger partial charge in [0.05, 0.1) is 17.6 Å². The summed E-state index contributed by atoms with van der Waals surface area (Å²) < 4.78 is 1.60. The van der Waals surface area contributed by atoms with Gasteiger partial charge >= 0.3 is 0 Å². The summed E-state index contributed by atoms with van der Waals surface area (Å²) in [6.45, 7) is 1.80. The third-order valence-corrected chi connectivity index (χ3v) is 5.39. The van der Waals surface area contributed by atoms with Crippen LogP contribution in [0.25, 0.3) is 5.69 Å². The van der Waals surface area contributed by atoms with Crippen molar-refractivity contribution in [2.45, 2.75) is 64.0 Å². The fraction of sp³-hybridized carbons (Fsp3) is 0.478. The van der Waals surface area contributed by atoms with E-state index in [9.17, 15) is 19.2 Å². The van der Waals surface area contributed by atoms with Crippen molar-refractivity contribution in [1.29, 1.82) is 0 Å². The lowest BCUT2D eigenvalue weighted by Gasteiger charge is -2.21. The highest BCUT2D eigenvalue weighted by Crippen LogP contribution is 2.12. The van der Waals surface area contributed by atoms with Gasteiger partial charge in [-0.3, -0.25) is 19.2 Å². The summed E-state index contributed by atoms with van der Waals surface area (Å²) >= 11 is 0. The van der Waals surface area contributed by atoms with Crippen molar-refractivity contribution in [1.82, 2.24) is 25.6 Å². The van der Waals surface area contributed by atoms with Gasteiger partial charge in [-0.2, -0.15) is 0 Å². The molecule has 0 saturated heterocycles. The molecule has 0 radical (unpaired) electrons. The minimum atomic E-state index is -0.862. The van der Waals surface area contributed by atoms with Gasteiger partial charge in [-0.25, -0.2) is 4.68 Å². The van der Waals surface area contributed by atoms with E-state index in [1.807, 2.05) is 24.3 Å². The molecule has 0 aliphatic rings. The second-order valence-corrected chi connectivity index (χ2v) is 8.33. The zero-order chi connectivity index (χ0) is 25.8. The second kappa shape index (κ2) is 13.8. The number of primary amides is 2. The topological polar surface area (TPSA) is 201 Å². The van der Waals surface area contributed by atoms with Crippen molar-refractivity contribution in [2.75, 3.05) is 6.54 Å². The Morgan fingerprint density at radius 2 is 1.69 bits per heavy atom. The van der Waals surface area contributed by atoms with E-state index in [1.165, 1.54) is 6.92 Å². The average Bonchev–Trinajstić information content (AvgIpc) is 3.28. The molecule has 1 aromatic heterocycles. The summed E-state index contributed by atoms with van der Waals surface area (Å²) in [6.07, 6.45) is 4.93. The SMILES string of the molecule is CC(=O)N[C@H](CCc1cn(-c2ccc(CCC(N)=O)cc2)nn1)C(=O)N[C@@H](CCCCN)C(N)=O. The number of nitrogens with two attached hydrogens (primary N) is 3. The molecule has 35 heavy (non-hydrogen) atoms. The Balaban J connectivity index is 1.99. The molecule has 0 unspecified atom stereocenters. The largest absolute Gasteiger partial charge is 0.370 e. The number of hydrogen-bond acceptors (Lipinski definition) is 7. The lowest BCUT2D eigenvalue weighted by molar-refractivity contribution is -0.131. The summed E-state index contributed by atoms with van der Waals surface area (Å²) in [6, 6.07) is 5.79. The van der Waals surface area contributed by atoms with Crippen LogP contribution in [0.5, 0.6) is 0 Å². The molecule has 2 aromatic rings. The van der Waals surface area contributed by atoms with E-state index in [-0.39, 0.29) is 24.7 Å². The van der Waals surface area contributed by atoms with Crippen molar-refractivity contribution in [3.05, 3.63) is 41.7 Å². The fourth-order valence-electron chi connectivity index (χ4n) is 3.48. The third-order valence-electron chi connectivity index (χ3n) is 5.39. The maximum absolute atomic E-state index is 12.8. The summed E-state index contributed by atoms with van der Waals surface area (Å²) in [7, 11) is 0. The monoisotopic (exact) mass is 486 g/mol. The minimum Gasteiger partial charge on any atom is -0.370 e. The number of nitrogens with one attached hydrogen (secondary N) is 2. The van der Waals surface area contributed by atoms with Gasteiger partial charge in [0, 0.05) is 13.3 Å². The number of amides is 4. The highest BCUT2D eigenvalue weighted by molar-refractivity contribution is 5.91. The van der Waals surface area contributed by atoms with Crippen molar-refractivity contribution < 1.29 is 19.2 Å². The summed E-state index contributed by atoms with van der Waals surface area (Å²) in [5.41, 5.74) is 18.5. The molecule has 0 bridgehead atoms. The van der Waals surface area contributed by atoms with Crippen LogP contribution in [0.1, 0.15) is 50.3 Å². The molecule has 0 fully saturated rings. The van der Waals surface area contributed by atoms with Gasteiger partial charge in [0.15, 0.2) is 0 Å². The number of aryl methyl sites for hydroxylation is 2. The molecule has 2 rings (SSSR count). The lowest BCUT2D eigenvalue weighted by Crippen LogP contribution is -2.52. The quantitative estimate of drug-likeness (QED) is 0.203. The number of benzene rings is 1. The molecule has 4 amide bonds. The zero-order valence-electron chi connectivity index (χ0n) is 19.9. The third kappa shape index (κ3) is 9.53. The van der Waals surface area contributed by atoms with Crippen LogP contribution in [-0.2, 0) is 32.0 Å². The van der Waals surface area contributed by atoms with Crippen molar-refractivity contribution in [2.24, 2.45) is 17.2 Å². The van der Waals surface area contributed by atoms with Crippen LogP contribution in [0.4, 0.5) is 0 Å². The summed E-state index contributed by atoms with van der Waals surface area (Å²) in [5, 5.41) is 13.5. The molecule has 0 aliphatic carbocycles. The van der Waals surface area contributed by atoms with Gasteiger partial charge in [-0.15, -0.1) is 5.10 Å². The Hall–Kier alpha value is -3.80. The molecular formula is C23H34N8O4. The highest BCUT2D eigenvalue weighted by atomic mass is 16.2. The Labute approximate surface area is 204 Å². The summed E-state index contributed by atoms with van der Waals surface area (Å²) in [4.78, 5) is 47.1. The molecule has 8 N–H and O–H groups in total. The number of aromatic nitrogens is 3. The van der Waals surface area contributed by atoms with Gasteiger partial charge in [0.1, 0.15) is 12.1 Å². The van der Waals surface area contributed by atoms with E-state index in [1.54, 1.807) is 10.9 Å². The van der Waals surface area contributed by atoms with Crippen LogP contribution in [0.15, 0.2) is 30.5 Å². The minimum absolute atomic E-state index is 0.254. The molecule has 1 heterocycles. The Kier molecular flexibility index (Phi) is 10.8. The van der Waals surface area contributed by atoms with E-state index in [4.69, 9.17) is 17.2 Å². The number of carbonyl (C=O) groups excluding carboxylic acids is 4. The molecule has 190 valence electrons. The van der Waals surface area contributed by atoms with Crippen LogP contribution >= 0.6 is 0 Å². The van der Waals surface area contributed by atoms with E-state index in [0.717, 1.165) is 11.3 Å². The van der Waals surface area contributed by atoms with Crippen molar-refractivity contribution >= 4 is 23.6 Å². The van der Waals surface area contributed by atoms with E-state index in [2.05, 4.69) is 20.9 Å². The zero-order valence-corrected chi connectivity index (χ0v) is 19.9. The standard InChI is InChI=1S/C23H34N8O4/c1-15(32)27-20(23(35)28-19(22(26)34)4-2-3-13-24)11-8-17-14-31(30-29-17)18-9-5-16(6-10-18)7-12-21(25)33/h5-6,9-10,14,19-20H,2-4,7-8,11-13,24H2,1H3,(H2,25,33)(H2,26,34)(H,27,32)(H,28,35)/t19-,20+/m0/s1. The Morgan fingerprint density at radius 3 is 2.29 bits per heavy atom. The summed E-state index contributed by atoms with van der Waals surface area (Å²) in [5.74, 6) is -1.85. The first-order chi connectivity index (χ1) is 16.7. The van der Waals surface area contributed by atoms with Gasteiger partial charge in [-0.1, -0.05) is 17.3 Å². The van der Waals surface area contributed by atoms with Crippen LogP contribution in [0.3, 0.4) is 0 Å². The number of nitrogens with zero attached hydrogens (tertiary/aromatic N) is 3. The molecule has 12 nitrogen and oxygen atoms in total. The average molecular weight is 487 g/mol. The predicted molar refractivity (Wildman–Crippen MR) is 129 cm³/mol. The van der Waals surface area contributed by atoms with Crippen molar-refractivity contribution in [3.8, 4) is 5.69 Å². The lowest BCUT2D eigenvalue weighted by atomic mass is 10.1. The smallest absolute Gasteiger partial charge is 0.243 e. The molecule has 0 spiro atoms. The van der Waals surface area contributed by atoms with Gasteiger partial charge in [0.25, 0.3) is 0 Å². The first-order valence-corrected chi connectivity index (χ1v) is 11.5. The number of unbranched alkanes of at least 4 members (excludes halogenated alkanes) is 1. The van der Waals surface area contributed by atoms with Gasteiger partial charge in [-0.05, 0) is 62.8 Å². The van der Waals surface area contributed by atoms with Gasteiger partial charge in [0.2, 0.25) is 23.6 Å². The highest BCUT2D eigenvalue weighted by Gasteiger charge is 2.25. The fourth-order valence-corrected chi connectivity index (χ4v) is 3.48. The van der Waals surface area contributed by atoms with Crippen LogP contribution in [0.2, 0.25) is 0 Å². The van der Waals surface area contributed by atoms with E-state index >= 15 is 0 Å². The second-order valence-electron chi connectivity index (χ2n) is 8.33. The maximum atomic E-state index is 12.8. The normalized spacial score (nSPS) is 12.5. The number of hydrogen-bond donors (Lipinski definition) is 5. The molecular weight excluding hydrogens is 452 g/mol. The molecule has 12 heteroatoms. The van der Waals surface area contributed by atoms with Crippen LogP contribution < -0.4 is 27.8 Å². The first-order valence-electron chi connectivity index (χ1n) is 11.5. The molecule has 0 saturated carbocycles. The predicted octanol–water partition coefficient (Wildman–Crippen LogP) is -0.778.